The molecule has 0 saturated heterocycles. The Balaban J connectivity index is 0.000000160. The molecule has 4 nitrogen and oxygen atoms in total. The van der Waals surface area contributed by atoms with Crippen molar-refractivity contribution in [3.8, 4) is 0 Å². The average molecular weight is 278 g/mol. The molecule has 0 aliphatic rings. The normalized spacial score (nSPS) is 9.25. The third kappa shape index (κ3) is 4.26. The maximum Gasteiger partial charge on any atom is 0.166 e. The van der Waals surface area contributed by atoms with E-state index in [-0.39, 0.29) is 10.3 Å². The van der Waals surface area contributed by atoms with Gasteiger partial charge in [0, 0.05) is 24.8 Å². The van der Waals surface area contributed by atoms with Crippen LogP contribution in [0, 0.1) is 6.92 Å². The van der Waals surface area contributed by atoms with Crippen molar-refractivity contribution in [3.05, 3.63) is 45.9 Å². The van der Waals surface area contributed by atoms with Crippen LogP contribution in [0.4, 0.5) is 0 Å². The molecule has 2 rings (SSSR count). The molecule has 2 aromatic heterocycles. The Labute approximate surface area is 108 Å². The molecule has 0 aromatic carbocycles. The van der Waals surface area contributed by atoms with E-state index in [0.29, 0.717) is 5.15 Å². The molecule has 16 heavy (non-hydrogen) atoms. The van der Waals surface area contributed by atoms with E-state index in [0.717, 1.165) is 5.69 Å². The van der Waals surface area contributed by atoms with E-state index in [4.69, 9.17) is 34.8 Å². The molecule has 7 heteroatoms. The molecular weight excluding hydrogens is 270 g/mol. The molecule has 0 fully saturated rings. The third-order valence-electron chi connectivity index (χ3n) is 1.43. The van der Waals surface area contributed by atoms with Gasteiger partial charge < -0.3 is 0 Å². The summed E-state index contributed by atoms with van der Waals surface area (Å²) in [5.74, 6) is 0. The monoisotopic (exact) mass is 276 g/mol. The van der Waals surface area contributed by atoms with Gasteiger partial charge >= 0.3 is 0 Å². The summed E-state index contributed by atoms with van der Waals surface area (Å²) in [4.78, 5) is 15.0. The predicted octanol–water partition coefficient (Wildman–Crippen LogP) is 3.22. The Morgan fingerprint density at radius 1 is 0.688 bits per heavy atom. The van der Waals surface area contributed by atoms with Crippen LogP contribution in [-0.2, 0) is 0 Å². The number of nitrogens with zero attached hydrogens (tertiary/aromatic N) is 4. The minimum Gasteiger partial charge on any atom is -0.257 e. The second-order valence-electron chi connectivity index (χ2n) is 2.57. The number of hydrogen-bond acceptors (Lipinski definition) is 4. The molecule has 2 heterocycles. The van der Waals surface area contributed by atoms with Gasteiger partial charge in [0.15, 0.2) is 10.3 Å². The third-order valence-corrected chi connectivity index (χ3v) is 2.45. The molecule has 0 saturated carbocycles. The Hall–Kier alpha value is -0.970. The Kier molecular flexibility index (Phi) is 5.38. The number of rotatable bonds is 0. The lowest BCUT2D eigenvalue weighted by Crippen LogP contribution is -1.82. The van der Waals surface area contributed by atoms with Crippen LogP contribution in [0.1, 0.15) is 5.69 Å². The predicted molar refractivity (Wildman–Crippen MR) is 63.8 cm³/mol. The molecule has 0 N–H and O–H groups in total. The molecule has 0 bridgehead atoms. The summed E-state index contributed by atoms with van der Waals surface area (Å²) in [5.41, 5.74) is 0.772. The zero-order valence-electron chi connectivity index (χ0n) is 8.23. The van der Waals surface area contributed by atoms with E-state index in [2.05, 4.69) is 19.9 Å². The van der Waals surface area contributed by atoms with Crippen LogP contribution in [-0.4, -0.2) is 19.9 Å². The number of hydrogen-bond donors (Lipinski definition) is 0. The van der Waals surface area contributed by atoms with Crippen LogP contribution >= 0.6 is 34.8 Å². The highest BCUT2D eigenvalue weighted by atomic mass is 35.5. The maximum atomic E-state index is 5.54. The molecular formula is C9H7Cl3N4. The highest BCUT2D eigenvalue weighted by Gasteiger charge is 1.93. The summed E-state index contributed by atoms with van der Waals surface area (Å²) in [6.45, 7) is 1.81. The van der Waals surface area contributed by atoms with Gasteiger partial charge in [-0.1, -0.05) is 34.8 Å². The molecule has 0 amide bonds. The summed E-state index contributed by atoms with van der Waals surface area (Å²) in [6.07, 6.45) is 6.14. The van der Waals surface area contributed by atoms with Gasteiger partial charge in [-0.3, -0.25) is 4.98 Å². The van der Waals surface area contributed by atoms with E-state index < -0.39 is 0 Å². The summed E-state index contributed by atoms with van der Waals surface area (Å²) in [7, 11) is 0. The average Bonchev–Trinajstić information content (AvgIpc) is 2.28. The lowest BCUT2D eigenvalue weighted by atomic mass is 10.5. The molecule has 0 aliphatic carbocycles. The van der Waals surface area contributed by atoms with Crippen molar-refractivity contribution in [2.45, 2.75) is 6.92 Å². The van der Waals surface area contributed by atoms with Crippen LogP contribution in [0.25, 0.3) is 0 Å². The number of aryl methyl sites for hydroxylation is 1. The van der Waals surface area contributed by atoms with Crippen LogP contribution in [0.5, 0.6) is 0 Å². The Morgan fingerprint density at radius 2 is 1.06 bits per heavy atom. The van der Waals surface area contributed by atoms with Crippen molar-refractivity contribution >= 4 is 34.8 Å². The van der Waals surface area contributed by atoms with E-state index in [9.17, 15) is 0 Å². The number of halogens is 3. The maximum absolute atomic E-state index is 5.54. The fourth-order valence-corrected chi connectivity index (χ4v) is 1.01. The van der Waals surface area contributed by atoms with Crippen molar-refractivity contribution in [2.24, 2.45) is 0 Å². The molecule has 0 aliphatic heterocycles. The van der Waals surface area contributed by atoms with Gasteiger partial charge in [0.05, 0.1) is 5.69 Å². The lowest BCUT2D eigenvalue weighted by molar-refractivity contribution is 1.12. The van der Waals surface area contributed by atoms with E-state index in [1.807, 2.05) is 6.92 Å². The molecule has 2 aromatic rings. The van der Waals surface area contributed by atoms with Gasteiger partial charge in [-0.05, 0) is 6.92 Å². The van der Waals surface area contributed by atoms with Crippen LogP contribution in [0.15, 0.2) is 24.8 Å². The second kappa shape index (κ2) is 6.58. The Bertz CT molecular complexity index is 379. The van der Waals surface area contributed by atoms with Gasteiger partial charge in [0.1, 0.15) is 5.15 Å². The molecule has 84 valence electrons. The minimum atomic E-state index is 0.245. The summed E-state index contributed by atoms with van der Waals surface area (Å²) in [6, 6.07) is 0. The molecule has 0 atom stereocenters. The van der Waals surface area contributed by atoms with Gasteiger partial charge in [-0.15, -0.1) is 0 Å². The highest BCUT2D eigenvalue weighted by Crippen LogP contribution is 2.12. The second-order valence-corrected chi connectivity index (χ2v) is 3.64. The first kappa shape index (κ1) is 13.1. The fourth-order valence-electron chi connectivity index (χ4n) is 0.695. The smallest absolute Gasteiger partial charge is 0.166 e. The van der Waals surface area contributed by atoms with Crippen molar-refractivity contribution in [2.75, 3.05) is 0 Å². The van der Waals surface area contributed by atoms with Gasteiger partial charge in [-0.25, -0.2) is 15.0 Å². The molecule has 0 radical (unpaired) electrons. The van der Waals surface area contributed by atoms with Crippen molar-refractivity contribution in [1.82, 2.24) is 19.9 Å². The van der Waals surface area contributed by atoms with Crippen molar-refractivity contribution < 1.29 is 0 Å². The standard InChI is InChI=1S/C5H5ClN2.C4H2Cl2N2/c1-4-5(6)8-3-2-7-4;5-3-4(6)8-2-1-7-3/h2-3H,1H3;1-2H. The largest absolute Gasteiger partial charge is 0.257 e. The first-order chi connectivity index (χ1) is 7.61. The highest BCUT2D eigenvalue weighted by molar-refractivity contribution is 6.40. The summed E-state index contributed by atoms with van der Waals surface area (Å²) < 4.78 is 0. The quantitative estimate of drug-likeness (QED) is 0.742. The Morgan fingerprint density at radius 3 is 1.31 bits per heavy atom. The molecule has 0 spiro atoms. The van der Waals surface area contributed by atoms with Gasteiger partial charge in [-0.2, -0.15) is 0 Å². The zero-order chi connectivity index (χ0) is 12.0. The van der Waals surface area contributed by atoms with Crippen molar-refractivity contribution in [3.63, 3.8) is 0 Å². The zero-order valence-corrected chi connectivity index (χ0v) is 10.5. The van der Waals surface area contributed by atoms with E-state index in [1.54, 1.807) is 12.4 Å². The number of aromatic nitrogens is 4. The molecule has 0 unspecified atom stereocenters. The SMILES string of the molecule is Cc1nccnc1Cl.Clc1nccnc1Cl. The van der Waals surface area contributed by atoms with Crippen LogP contribution in [0.2, 0.25) is 15.5 Å². The summed E-state index contributed by atoms with van der Waals surface area (Å²) in [5, 5.41) is 0.968. The lowest BCUT2D eigenvalue weighted by Gasteiger charge is -1.89. The van der Waals surface area contributed by atoms with Gasteiger partial charge in [0.25, 0.3) is 0 Å². The fraction of sp³-hybridized carbons (Fsp3) is 0.111. The van der Waals surface area contributed by atoms with Crippen molar-refractivity contribution in [1.29, 1.82) is 0 Å². The first-order valence-electron chi connectivity index (χ1n) is 4.16. The van der Waals surface area contributed by atoms with E-state index in [1.165, 1.54) is 12.4 Å². The van der Waals surface area contributed by atoms with Crippen LogP contribution < -0.4 is 0 Å². The minimum absolute atomic E-state index is 0.245. The topological polar surface area (TPSA) is 51.6 Å². The van der Waals surface area contributed by atoms with Crippen LogP contribution in [0.3, 0.4) is 0 Å². The first-order valence-corrected chi connectivity index (χ1v) is 5.29. The summed E-state index contributed by atoms with van der Waals surface area (Å²) >= 11 is 16.3. The van der Waals surface area contributed by atoms with E-state index >= 15 is 0 Å². The van der Waals surface area contributed by atoms with Gasteiger partial charge in [0.2, 0.25) is 0 Å².